The molecular formula is C20H32N4O3S. The molecule has 2 fully saturated rings. The highest BCUT2D eigenvalue weighted by Crippen LogP contribution is 2.30. The first-order valence-electron chi connectivity index (χ1n) is 10.2. The molecule has 0 saturated heterocycles. The molecule has 156 valence electrons. The second kappa shape index (κ2) is 10.1. The third-order valence-corrected chi connectivity index (χ3v) is 6.64. The van der Waals surface area contributed by atoms with Crippen LogP contribution in [0.2, 0.25) is 0 Å². The highest BCUT2D eigenvalue weighted by Gasteiger charge is 2.22. The number of sulfonamides is 1. The summed E-state index contributed by atoms with van der Waals surface area (Å²) in [6, 6.07) is 7.96. The fourth-order valence-electron chi connectivity index (χ4n) is 3.00. The number of nitrogens with one attached hydrogen (secondary N) is 3. The van der Waals surface area contributed by atoms with E-state index in [1.807, 2.05) is 24.3 Å². The summed E-state index contributed by atoms with van der Waals surface area (Å²) in [5, 5.41) is 6.30. The second-order valence-electron chi connectivity index (χ2n) is 7.68. The first-order chi connectivity index (χ1) is 13.6. The summed E-state index contributed by atoms with van der Waals surface area (Å²) in [7, 11) is -1.58. The average molecular weight is 409 g/mol. The second-order valence-corrected chi connectivity index (χ2v) is 9.61. The molecule has 0 amide bonds. The number of aliphatic imine (C=N–C) groups is 1. The van der Waals surface area contributed by atoms with Gasteiger partial charge in [0.05, 0.1) is 12.4 Å². The quantitative estimate of drug-likeness (QED) is 0.384. The summed E-state index contributed by atoms with van der Waals surface area (Å²) < 4.78 is 32.8. The van der Waals surface area contributed by atoms with Gasteiger partial charge in [0.1, 0.15) is 5.75 Å². The van der Waals surface area contributed by atoms with E-state index in [0.717, 1.165) is 30.8 Å². The Labute approximate surface area is 168 Å². The van der Waals surface area contributed by atoms with Gasteiger partial charge in [-0.2, -0.15) is 0 Å². The molecule has 0 unspecified atom stereocenters. The predicted octanol–water partition coefficient (Wildman–Crippen LogP) is 1.86. The van der Waals surface area contributed by atoms with Crippen molar-refractivity contribution in [1.29, 1.82) is 0 Å². The molecule has 0 atom stereocenters. The van der Waals surface area contributed by atoms with Gasteiger partial charge in [0, 0.05) is 32.2 Å². The van der Waals surface area contributed by atoms with Crippen molar-refractivity contribution in [3.63, 3.8) is 0 Å². The molecule has 2 aliphatic rings. The normalized spacial score (nSPS) is 17.8. The number of benzene rings is 1. The molecule has 2 aliphatic carbocycles. The van der Waals surface area contributed by atoms with Crippen LogP contribution in [-0.2, 0) is 16.6 Å². The van der Waals surface area contributed by atoms with Gasteiger partial charge >= 0.3 is 0 Å². The van der Waals surface area contributed by atoms with Crippen LogP contribution in [0.1, 0.15) is 37.7 Å². The molecule has 28 heavy (non-hydrogen) atoms. The van der Waals surface area contributed by atoms with Crippen LogP contribution in [0.25, 0.3) is 0 Å². The van der Waals surface area contributed by atoms with Crippen LogP contribution in [0.3, 0.4) is 0 Å². The molecule has 8 heteroatoms. The Hall–Kier alpha value is -1.80. The van der Waals surface area contributed by atoms with Crippen molar-refractivity contribution in [3.8, 4) is 5.75 Å². The Morgan fingerprint density at radius 3 is 2.61 bits per heavy atom. The van der Waals surface area contributed by atoms with Gasteiger partial charge in [-0.3, -0.25) is 4.99 Å². The number of para-hydroxylation sites is 1. The van der Waals surface area contributed by atoms with E-state index in [2.05, 4.69) is 20.3 Å². The Bertz CT molecular complexity index is 758. The maximum atomic E-state index is 12.1. The summed E-state index contributed by atoms with van der Waals surface area (Å²) in [5.41, 5.74) is 1.06. The molecule has 7 nitrogen and oxygen atoms in total. The number of rotatable bonds is 11. The zero-order chi connectivity index (χ0) is 19.8. The van der Waals surface area contributed by atoms with E-state index in [-0.39, 0.29) is 5.75 Å². The third-order valence-electron chi connectivity index (χ3n) is 5.29. The Morgan fingerprint density at radius 1 is 1.14 bits per heavy atom. The van der Waals surface area contributed by atoms with E-state index >= 15 is 0 Å². The molecule has 0 heterocycles. The first kappa shape index (κ1) is 20.9. The van der Waals surface area contributed by atoms with Gasteiger partial charge in [0.15, 0.2) is 5.96 Å². The summed E-state index contributed by atoms with van der Waals surface area (Å²) in [5.74, 6) is 2.71. The molecule has 0 spiro atoms. The van der Waals surface area contributed by atoms with Crippen LogP contribution in [0, 0.1) is 11.8 Å². The van der Waals surface area contributed by atoms with Crippen LogP contribution in [-0.4, -0.2) is 46.9 Å². The highest BCUT2D eigenvalue weighted by molar-refractivity contribution is 7.89. The van der Waals surface area contributed by atoms with Crippen molar-refractivity contribution in [1.82, 2.24) is 15.4 Å². The molecule has 0 aromatic heterocycles. The maximum Gasteiger partial charge on any atom is 0.213 e. The van der Waals surface area contributed by atoms with E-state index < -0.39 is 10.0 Å². The Morgan fingerprint density at radius 2 is 1.93 bits per heavy atom. The lowest BCUT2D eigenvalue weighted by molar-refractivity contribution is 0.296. The zero-order valence-electron chi connectivity index (χ0n) is 16.6. The van der Waals surface area contributed by atoms with E-state index in [0.29, 0.717) is 37.4 Å². The minimum Gasteiger partial charge on any atom is -0.493 e. The lowest BCUT2D eigenvalue weighted by atomic mass is 9.86. The van der Waals surface area contributed by atoms with Crippen LogP contribution >= 0.6 is 0 Å². The monoisotopic (exact) mass is 408 g/mol. The number of nitrogens with zero attached hydrogens (tertiary/aromatic N) is 1. The van der Waals surface area contributed by atoms with Crippen LogP contribution in [0.5, 0.6) is 5.75 Å². The molecule has 3 rings (SSSR count). The number of hydrogen-bond acceptors (Lipinski definition) is 4. The van der Waals surface area contributed by atoms with Crippen LogP contribution < -0.4 is 20.1 Å². The smallest absolute Gasteiger partial charge is 0.213 e. The summed E-state index contributed by atoms with van der Waals surface area (Å²) in [6.45, 7) is 2.20. The molecule has 2 saturated carbocycles. The molecule has 0 radical (unpaired) electrons. The molecule has 0 bridgehead atoms. The Kier molecular flexibility index (Phi) is 7.56. The SMILES string of the molecule is CN=C(NCCS(=O)(=O)NCC1CCC1)NCc1ccccc1OCC1CC1. The topological polar surface area (TPSA) is 91.8 Å². The summed E-state index contributed by atoms with van der Waals surface area (Å²) in [4.78, 5) is 4.17. The van der Waals surface area contributed by atoms with Crippen LogP contribution in [0.15, 0.2) is 29.3 Å². The van der Waals surface area contributed by atoms with Gasteiger partial charge in [-0.25, -0.2) is 13.1 Å². The third kappa shape index (κ3) is 6.98. The van der Waals surface area contributed by atoms with Crippen molar-refractivity contribution < 1.29 is 13.2 Å². The van der Waals surface area contributed by atoms with Gasteiger partial charge in [0.25, 0.3) is 0 Å². The van der Waals surface area contributed by atoms with E-state index in [9.17, 15) is 8.42 Å². The fraction of sp³-hybridized carbons (Fsp3) is 0.650. The van der Waals surface area contributed by atoms with E-state index in [4.69, 9.17) is 4.74 Å². The van der Waals surface area contributed by atoms with E-state index in [1.165, 1.54) is 19.3 Å². The molecule has 3 N–H and O–H groups in total. The molecule has 1 aromatic carbocycles. The molecule has 1 aromatic rings. The van der Waals surface area contributed by atoms with Gasteiger partial charge < -0.3 is 15.4 Å². The van der Waals surface area contributed by atoms with Crippen molar-refractivity contribution in [3.05, 3.63) is 29.8 Å². The van der Waals surface area contributed by atoms with E-state index in [1.54, 1.807) is 7.05 Å². The summed E-state index contributed by atoms with van der Waals surface area (Å²) in [6.07, 6.45) is 5.99. The van der Waals surface area contributed by atoms with Crippen molar-refractivity contribution in [2.75, 3.05) is 32.5 Å². The van der Waals surface area contributed by atoms with Gasteiger partial charge in [-0.15, -0.1) is 0 Å². The van der Waals surface area contributed by atoms with Crippen LogP contribution in [0.4, 0.5) is 0 Å². The van der Waals surface area contributed by atoms with Gasteiger partial charge in [-0.05, 0) is 43.6 Å². The molecule has 0 aliphatic heterocycles. The van der Waals surface area contributed by atoms with Crippen molar-refractivity contribution >= 4 is 16.0 Å². The summed E-state index contributed by atoms with van der Waals surface area (Å²) >= 11 is 0. The van der Waals surface area contributed by atoms with Gasteiger partial charge in [-0.1, -0.05) is 24.6 Å². The number of guanidine groups is 1. The number of ether oxygens (including phenoxy) is 1. The highest BCUT2D eigenvalue weighted by atomic mass is 32.2. The van der Waals surface area contributed by atoms with Gasteiger partial charge in [0.2, 0.25) is 10.0 Å². The lowest BCUT2D eigenvalue weighted by Gasteiger charge is -2.25. The zero-order valence-corrected chi connectivity index (χ0v) is 17.4. The minimum absolute atomic E-state index is 0.0293. The van der Waals surface area contributed by atoms with Crippen molar-refractivity contribution in [2.45, 2.75) is 38.6 Å². The largest absolute Gasteiger partial charge is 0.493 e. The first-order valence-corrected chi connectivity index (χ1v) is 11.8. The fourth-order valence-corrected chi connectivity index (χ4v) is 4.00. The standard InChI is InChI=1S/C20H32N4O3S/c1-21-20(22-11-12-28(25,26)24-13-16-5-4-6-16)23-14-18-7-2-3-8-19(18)27-15-17-9-10-17/h2-3,7-8,16-17,24H,4-6,9-15H2,1H3,(H2,21,22,23). The Balaban J connectivity index is 1.39. The average Bonchev–Trinajstić information content (AvgIpc) is 3.46. The number of hydrogen-bond donors (Lipinski definition) is 3. The predicted molar refractivity (Wildman–Crippen MR) is 112 cm³/mol. The minimum atomic E-state index is -3.26. The molecular weight excluding hydrogens is 376 g/mol. The maximum absolute atomic E-state index is 12.1. The lowest BCUT2D eigenvalue weighted by Crippen LogP contribution is -2.41. The van der Waals surface area contributed by atoms with Crippen molar-refractivity contribution in [2.24, 2.45) is 16.8 Å².